The lowest BCUT2D eigenvalue weighted by Gasteiger charge is -2.25. The minimum atomic E-state index is -1.28. The van der Waals surface area contributed by atoms with Gasteiger partial charge in [-0.25, -0.2) is 0 Å². The van der Waals surface area contributed by atoms with Crippen molar-refractivity contribution in [3.63, 3.8) is 0 Å². The maximum atomic E-state index is 11.9. The lowest BCUT2D eigenvalue weighted by atomic mass is 10.3. The molecule has 0 unspecified atom stereocenters. The summed E-state index contributed by atoms with van der Waals surface area (Å²) in [4.78, 5) is 69.7. The van der Waals surface area contributed by atoms with Gasteiger partial charge in [0.05, 0.1) is 26.2 Å². The molecule has 0 saturated heterocycles. The van der Waals surface area contributed by atoms with Crippen molar-refractivity contribution in [1.29, 1.82) is 0 Å². The molecule has 0 aromatic heterocycles. The number of carbonyl (C=O) groups excluding carboxylic acids is 2. The van der Waals surface area contributed by atoms with Gasteiger partial charge in [-0.3, -0.25) is 38.6 Å². The number of carbonyl (C=O) groups is 6. The van der Waals surface area contributed by atoms with Crippen molar-refractivity contribution < 1.29 is 49.2 Å². The van der Waals surface area contributed by atoms with Gasteiger partial charge in [0.2, 0.25) is 11.8 Å². The topological polar surface area (TPSA) is 214 Å². The quantitative estimate of drug-likeness (QED) is 0.151. The lowest BCUT2D eigenvalue weighted by Crippen LogP contribution is -2.49. The molecule has 0 aliphatic rings. The van der Waals surface area contributed by atoms with E-state index in [9.17, 15) is 28.8 Å². The molecule has 0 aliphatic heterocycles. The molecule has 0 aromatic rings. The number of carboxylic acid groups (broad SMARTS) is 4. The normalized spacial score (nSPS) is 12.8. The van der Waals surface area contributed by atoms with E-state index in [1.807, 2.05) is 0 Å². The Morgan fingerprint density at radius 3 is 1.17 bits per heavy atom. The van der Waals surface area contributed by atoms with Crippen LogP contribution >= 0.6 is 0 Å². The Labute approximate surface area is 171 Å². The summed E-state index contributed by atoms with van der Waals surface area (Å²) < 4.78 is 0. The fraction of sp³-hybridized carbons (Fsp3) is 0.625. The van der Waals surface area contributed by atoms with E-state index in [0.29, 0.717) is 0 Å². The molecule has 0 bridgehead atoms. The zero-order valence-electron chi connectivity index (χ0n) is 16.5. The summed E-state index contributed by atoms with van der Waals surface area (Å²) in [6, 6.07) is -2.37. The number of nitrogens with one attached hydrogen (secondary N) is 2. The number of rotatable bonds is 15. The Hall–Kier alpha value is -3.26. The summed E-state index contributed by atoms with van der Waals surface area (Å²) >= 11 is 0. The Morgan fingerprint density at radius 2 is 0.933 bits per heavy atom. The van der Waals surface area contributed by atoms with Crippen molar-refractivity contribution in [3.05, 3.63) is 0 Å². The Bertz CT molecular complexity index is 612. The fourth-order valence-corrected chi connectivity index (χ4v) is 2.20. The zero-order valence-corrected chi connectivity index (χ0v) is 16.5. The highest BCUT2D eigenvalue weighted by Gasteiger charge is 2.22. The highest BCUT2D eigenvalue weighted by molar-refractivity contribution is 5.85. The molecule has 14 heteroatoms. The lowest BCUT2D eigenvalue weighted by molar-refractivity contribution is -0.143. The van der Waals surface area contributed by atoms with Crippen molar-refractivity contribution in [1.82, 2.24) is 20.4 Å². The first-order valence-electron chi connectivity index (χ1n) is 8.74. The Balaban J connectivity index is 4.98. The van der Waals surface area contributed by atoms with Crippen molar-refractivity contribution in [3.8, 4) is 0 Å². The second-order valence-corrected chi connectivity index (χ2v) is 6.46. The van der Waals surface area contributed by atoms with Crippen LogP contribution in [0.25, 0.3) is 0 Å². The van der Waals surface area contributed by atoms with Crippen LogP contribution in [0.2, 0.25) is 0 Å². The Morgan fingerprint density at radius 1 is 0.633 bits per heavy atom. The number of carboxylic acids is 4. The van der Waals surface area contributed by atoms with Gasteiger partial charge in [0.25, 0.3) is 0 Å². The minimum absolute atomic E-state index is 0.129. The standard InChI is InChI=1S/C16H26N4O10/c1-9(15(27)28)17-11(21)5-19(7-13(23)24)3-4-20(8-14(25)26)6-12(22)18-10(2)16(29)30/h9-10H,3-8H2,1-2H3,(H,17,21)(H,18,22)(H,23,24)(H,25,26)(H,27,28)(H,29,30)/t9-,10+. The molecule has 0 radical (unpaired) electrons. The van der Waals surface area contributed by atoms with Gasteiger partial charge in [0.1, 0.15) is 12.1 Å². The van der Waals surface area contributed by atoms with E-state index in [1.165, 1.54) is 13.8 Å². The van der Waals surface area contributed by atoms with Crippen LogP contribution in [0.15, 0.2) is 0 Å². The molecule has 0 saturated carbocycles. The third kappa shape index (κ3) is 12.2. The molecule has 0 fully saturated rings. The SMILES string of the molecule is C[C@H](NC(=O)CN(CCN(CC(=O)O)CC(=O)N[C@H](C)C(=O)O)CC(=O)O)C(=O)O. The van der Waals surface area contributed by atoms with Gasteiger partial charge in [0, 0.05) is 13.1 Å². The summed E-state index contributed by atoms with van der Waals surface area (Å²) in [5.74, 6) is -6.59. The van der Waals surface area contributed by atoms with E-state index in [4.69, 9.17) is 20.4 Å². The second kappa shape index (κ2) is 13.1. The van der Waals surface area contributed by atoms with Gasteiger partial charge < -0.3 is 31.1 Å². The van der Waals surface area contributed by atoms with Gasteiger partial charge in [-0.1, -0.05) is 0 Å². The number of aliphatic carboxylic acids is 4. The van der Waals surface area contributed by atoms with E-state index < -0.39 is 74.0 Å². The molecule has 30 heavy (non-hydrogen) atoms. The van der Waals surface area contributed by atoms with Crippen LogP contribution in [0.3, 0.4) is 0 Å². The smallest absolute Gasteiger partial charge is 0.325 e. The molecule has 0 spiro atoms. The van der Waals surface area contributed by atoms with E-state index in [1.54, 1.807) is 0 Å². The summed E-state index contributed by atoms with van der Waals surface area (Å²) in [5, 5.41) is 39.9. The van der Waals surface area contributed by atoms with Crippen LogP contribution in [0.4, 0.5) is 0 Å². The van der Waals surface area contributed by atoms with Crippen molar-refractivity contribution in [2.75, 3.05) is 39.3 Å². The monoisotopic (exact) mass is 434 g/mol. The molecule has 0 aliphatic carbocycles. The summed E-state index contributed by atoms with van der Waals surface area (Å²) in [6.45, 7) is 0.100. The first-order valence-corrected chi connectivity index (χ1v) is 8.74. The molecular formula is C16H26N4O10. The molecule has 2 amide bonds. The zero-order chi connectivity index (χ0) is 23.4. The number of amides is 2. The van der Waals surface area contributed by atoms with Gasteiger partial charge in [0.15, 0.2) is 0 Å². The molecule has 0 aromatic carbocycles. The summed E-state index contributed by atoms with van der Waals surface area (Å²) in [5.41, 5.74) is 0. The van der Waals surface area contributed by atoms with Crippen LogP contribution in [-0.2, 0) is 28.8 Å². The van der Waals surface area contributed by atoms with Crippen LogP contribution < -0.4 is 10.6 Å². The number of hydrogen-bond acceptors (Lipinski definition) is 8. The van der Waals surface area contributed by atoms with Crippen LogP contribution in [0.1, 0.15) is 13.8 Å². The predicted molar refractivity (Wildman–Crippen MR) is 98.6 cm³/mol. The van der Waals surface area contributed by atoms with E-state index in [0.717, 1.165) is 9.80 Å². The van der Waals surface area contributed by atoms with E-state index in [2.05, 4.69) is 10.6 Å². The average molecular weight is 434 g/mol. The van der Waals surface area contributed by atoms with E-state index in [-0.39, 0.29) is 13.1 Å². The second-order valence-electron chi connectivity index (χ2n) is 6.46. The number of nitrogens with zero attached hydrogens (tertiary/aromatic N) is 2. The third-order valence-corrected chi connectivity index (χ3v) is 3.68. The van der Waals surface area contributed by atoms with Gasteiger partial charge in [-0.15, -0.1) is 0 Å². The minimum Gasteiger partial charge on any atom is -0.480 e. The summed E-state index contributed by atoms with van der Waals surface area (Å²) in [6.07, 6.45) is 0. The number of hydrogen-bond donors (Lipinski definition) is 6. The van der Waals surface area contributed by atoms with Crippen molar-refractivity contribution >= 4 is 35.7 Å². The molecule has 6 N–H and O–H groups in total. The molecule has 14 nitrogen and oxygen atoms in total. The molecule has 0 rings (SSSR count). The molecule has 2 atom stereocenters. The highest BCUT2D eigenvalue weighted by Crippen LogP contribution is 1.96. The molecular weight excluding hydrogens is 408 g/mol. The maximum Gasteiger partial charge on any atom is 0.325 e. The fourth-order valence-electron chi connectivity index (χ4n) is 2.20. The van der Waals surface area contributed by atoms with Gasteiger partial charge >= 0.3 is 23.9 Å². The molecule has 170 valence electrons. The highest BCUT2D eigenvalue weighted by atomic mass is 16.4. The maximum absolute atomic E-state index is 11.9. The van der Waals surface area contributed by atoms with E-state index >= 15 is 0 Å². The molecule has 0 heterocycles. The van der Waals surface area contributed by atoms with Gasteiger partial charge in [-0.05, 0) is 13.8 Å². The van der Waals surface area contributed by atoms with Crippen LogP contribution in [0, 0.1) is 0 Å². The van der Waals surface area contributed by atoms with Crippen LogP contribution in [-0.4, -0.2) is 117 Å². The van der Waals surface area contributed by atoms with Crippen molar-refractivity contribution in [2.24, 2.45) is 0 Å². The Kier molecular flexibility index (Phi) is 11.6. The first-order chi connectivity index (χ1) is 13.8. The largest absolute Gasteiger partial charge is 0.480 e. The first kappa shape index (κ1) is 26.7. The van der Waals surface area contributed by atoms with Crippen LogP contribution in [0.5, 0.6) is 0 Å². The third-order valence-electron chi connectivity index (χ3n) is 3.68. The summed E-state index contributed by atoms with van der Waals surface area (Å²) in [7, 11) is 0. The van der Waals surface area contributed by atoms with Crippen molar-refractivity contribution in [2.45, 2.75) is 25.9 Å². The predicted octanol–water partition coefficient (Wildman–Crippen LogP) is -3.06. The average Bonchev–Trinajstić information content (AvgIpc) is 2.57. The van der Waals surface area contributed by atoms with Gasteiger partial charge in [-0.2, -0.15) is 0 Å².